The van der Waals surface area contributed by atoms with E-state index in [2.05, 4.69) is 20.0 Å². The van der Waals surface area contributed by atoms with Gasteiger partial charge in [0.1, 0.15) is 11.3 Å². The van der Waals surface area contributed by atoms with Crippen LogP contribution in [-0.2, 0) is 16.3 Å². The monoisotopic (exact) mass is 508 g/mol. The van der Waals surface area contributed by atoms with Gasteiger partial charge in [-0.3, -0.25) is 9.80 Å². The van der Waals surface area contributed by atoms with Crippen molar-refractivity contribution in [3.63, 3.8) is 0 Å². The van der Waals surface area contributed by atoms with Crippen molar-refractivity contribution < 1.29 is 8.42 Å². The minimum absolute atomic E-state index is 0.0651. The van der Waals surface area contributed by atoms with E-state index in [1.54, 1.807) is 34.1 Å². The molecule has 0 saturated carbocycles. The average Bonchev–Trinajstić information content (AvgIpc) is 2.72. The van der Waals surface area contributed by atoms with Gasteiger partial charge in [-0.2, -0.15) is 9.98 Å². The van der Waals surface area contributed by atoms with Crippen molar-refractivity contribution in [3.8, 4) is 0 Å². The van der Waals surface area contributed by atoms with Gasteiger partial charge in [0.25, 0.3) is 0 Å². The van der Waals surface area contributed by atoms with Crippen LogP contribution in [0.4, 0.5) is 11.4 Å². The summed E-state index contributed by atoms with van der Waals surface area (Å²) in [6, 6.07) is 10.4. The van der Waals surface area contributed by atoms with Crippen molar-refractivity contribution in [2.45, 2.75) is 55.2 Å². The molecule has 0 unspecified atom stereocenters. The van der Waals surface area contributed by atoms with Crippen LogP contribution >= 0.6 is 0 Å². The molecule has 0 atom stereocenters. The van der Waals surface area contributed by atoms with Crippen LogP contribution < -0.4 is 32.7 Å². The lowest BCUT2D eigenvalue weighted by Crippen LogP contribution is -2.54. The van der Waals surface area contributed by atoms with Gasteiger partial charge >= 0.3 is 0 Å². The van der Waals surface area contributed by atoms with Gasteiger partial charge in [-0.1, -0.05) is 12.1 Å². The highest BCUT2D eigenvalue weighted by atomic mass is 32.2. The second-order valence-electron chi connectivity index (χ2n) is 9.80. The Hall–Kier alpha value is -4.13. The van der Waals surface area contributed by atoms with E-state index in [0.29, 0.717) is 28.9 Å². The molecule has 0 amide bonds. The molecule has 0 bridgehead atoms. The first-order valence-electron chi connectivity index (χ1n) is 11.2. The number of anilines is 2. The number of hydrogen-bond donors (Lipinski definition) is 4. The summed E-state index contributed by atoms with van der Waals surface area (Å²) in [6.07, 6.45) is 0.445. The molecule has 0 saturated heterocycles. The molecule has 3 heterocycles. The molecule has 3 aliphatic rings. The van der Waals surface area contributed by atoms with Gasteiger partial charge < -0.3 is 22.9 Å². The van der Waals surface area contributed by atoms with E-state index in [0.717, 1.165) is 0 Å². The summed E-state index contributed by atoms with van der Waals surface area (Å²) in [6.45, 7) is 7.27. The van der Waals surface area contributed by atoms with Gasteiger partial charge in [0.05, 0.1) is 9.79 Å². The number of aliphatic imine (C=N–C) groups is 4. The van der Waals surface area contributed by atoms with Crippen molar-refractivity contribution in [2.24, 2.45) is 42.9 Å². The molecular formula is C23H28N10O2S. The first-order valence-corrected chi connectivity index (χ1v) is 12.7. The Bertz CT molecular complexity index is 1430. The second kappa shape index (κ2) is 7.43. The highest BCUT2D eigenvalue weighted by molar-refractivity contribution is 7.91. The zero-order chi connectivity index (χ0) is 26.2. The summed E-state index contributed by atoms with van der Waals surface area (Å²) in [7, 11) is -3.89. The molecular weight excluding hydrogens is 480 g/mol. The minimum atomic E-state index is -3.89. The predicted molar refractivity (Wildman–Crippen MR) is 141 cm³/mol. The van der Waals surface area contributed by atoms with Crippen LogP contribution in [0.15, 0.2) is 66.2 Å². The smallest absolute Gasteiger partial charge is 0.220 e. The maximum atomic E-state index is 13.9. The zero-order valence-corrected chi connectivity index (χ0v) is 21.2. The standard InChI is InChI=1S/C23H28N10O2S/c1-22(2)30-18(24)28-20(26)32(22)14-7-5-12-9-13-6-8-15(11-17(13)36(34,35)16(12)10-14)33-21(27)29-19(25)31-23(33,3)4/h5-8,10-11H,9H2,1-4H3,(H4,24,26,28,30)(H4,25,27,29,31). The van der Waals surface area contributed by atoms with E-state index >= 15 is 0 Å². The van der Waals surface area contributed by atoms with Gasteiger partial charge in [0.15, 0.2) is 0 Å². The Kier molecular flexibility index (Phi) is 4.87. The third-order valence-electron chi connectivity index (χ3n) is 6.36. The molecule has 0 aromatic heterocycles. The fourth-order valence-electron chi connectivity index (χ4n) is 4.98. The third kappa shape index (κ3) is 3.54. The molecule has 0 fully saturated rings. The molecule has 2 aromatic rings. The number of sulfone groups is 1. The van der Waals surface area contributed by atoms with Crippen LogP contribution in [0.1, 0.15) is 38.8 Å². The highest BCUT2D eigenvalue weighted by Gasteiger charge is 2.38. The van der Waals surface area contributed by atoms with Crippen LogP contribution in [0.5, 0.6) is 0 Å². The first kappa shape index (κ1) is 23.6. The summed E-state index contributed by atoms with van der Waals surface area (Å²) in [4.78, 5) is 20.5. The zero-order valence-electron chi connectivity index (χ0n) is 20.4. The average molecular weight is 509 g/mol. The van der Waals surface area contributed by atoms with Gasteiger partial charge in [0.2, 0.25) is 33.7 Å². The molecule has 0 aliphatic carbocycles. The number of fused-ring (bicyclic) bond motifs is 2. The lowest BCUT2D eigenvalue weighted by molar-refractivity contribution is 0.533. The quantitative estimate of drug-likeness (QED) is 0.390. The molecule has 0 radical (unpaired) electrons. The topological polar surface area (TPSA) is 194 Å². The van der Waals surface area contributed by atoms with Crippen LogP contribution in [0.2, 0.25) is 0 Å². The predicted octanol–water partition coefficient (Wildman–Crippen LogP) is 0.795. The van der Waals surface area contributed by atoms with E-state index in [4.69, 9.17) is 22.9 Å². The van der Waals surface area contributed by atoms with Crippen molar-refractivity contribution >= 4 is 45.1 Å². The van der Waals surface area contributed by atoms with Crippen LogP contribution in [0.25, 0.3) is 0 Å². The fraction of sp³-hybridized carbons (Fsp3) is 0.304. The first-order chi connectivity index (χ1) is 16.7. The van der Waals surface area contributed by atoms with Crippen LogP contribution in [0.3, 0.4) is 0 Å². The fourth-order valence-corrected chi connectivity index (χ4v) is 6.74. The third-order valence-corrected chi connectivity index (χ3v) is 8.28. The minimum Gasteiger partial charge on any atom is -0.369 e. The molecule has 5 rings (SSSR count). The van der Waals surface area contributed by atoms with Gasteiger partial charge in [-0.05, 0) is 63.1 Å². The highest BCUT2D eigenvalue weighted by Crippen LogP contribution is 2.40. The second-order valence-corrected chi connectivity index (χ2v) is 11.7. The van der Waals surface area contributed by atoms with Crippen molar-refractivity contribution in [3.05, 3.63) is 47.5 Å². The molecule has 0 spiro atoms. The van der Waals surface area contributed by atoms with Crippen molar-refractivity contribution in [1.82, 2.24) is 0 Å². The van der Waals surface area contributed by atoms with E-state index in [9.17, 15) is 8.42 Å². The summed E-state index contributed by atoms with van der Waals surface area (Å²) in [5, 5.41) is 0. The Morgan fingerprint density at radius 2 is 1.11 bits per heavy atom. The molecule has 8 N–H and O–H groups in total. The van der Waals surface area contributed by atoms with Crippen molar-refractivity contribution in [1.29, 1.82) is 0 Å². The Labute approximate surface area is 209 Å². The normalized spacial score (nSPS) is 21.4. The van der Waals surface area contributed by atoms with Gasteiger partial charge in [0, 0.05) is 17.8 Å². The van der Waals surface area contributed by atoms with Crippen LogP contribution in [-0.4, -0.2) is 43.6 Å². The summed E-state index contributed by atoms with van der Waals surface area (Å²) >= 11 is 0. The lowest BCUT2D eigenvalue weighted by Gasteiger charge is -2.39. The summed E-state index contributed by atoms with van der Waals surface area (Å²) in [5.41, 5.74) is 24.6. The van der Waals surface area contributed by atoms with E-state index in [1.807, 2.05) is 39.8 Å². The molecule has 188 valence electrons. The van der Waals surface area contributed by atoms with Crippen molar-refractivity contribution in [2.75, 3.05) is 9.80 Å². The van der Waals surface area contributed by atoms with E-state index < -0.39 is 21.2 Å². The summed E-state index contributed by atoms with van der Waals surface area (Å²) < 4.78 is 27.8. The van der Waals surface area contributed by atoms with Gasteiger partial charge in [-0.15, -0.1) is 0 Å². The molecule has 36 heavy (non-hydrogen) atoms. The maximum Gasteiger partial charge on any atom is 0.220 e. The molecule has 2 aromatic carbocycles. The molecule has 12 nitrogen and oxygen atoms in total. The number of benzene rings is 2. The summed E-state index contributed by atoms with van der Waals surface area (Å²) in [5.74, 6) is 0.390. The Morgan fingerprint density at radius 3 is 1.47 bits per heavy atom. The molecule has 3 aliphatic heterocycles. The number of nitrogens with zero attached hydrogens (tertiary/aromatic N) is 6. The molecule has 13 heteroatoms. The number of guanidine groups is 4. The maximum absolute atomic E-state index is 13.9. The SMILES string of the molecule is CC1(C)N=C(N)N=C(N)N1c1ccc2c(c1)S(=O)(=O)c1cc(N3C(N)=NC(N)=NC3(C)C)ccc1C2. The van der Waals surface area contributed by atoms with E-state index in [1.165, 1.54) is 0 Å². The largest absolute Gasteiger partial charge is 0.369 e. The van der Waals surface area contributed by atoms with E-state index in [-0.39, 0.29) is 33.6 Å². The number of rotatable bonds is 2. The Balaban J connectivity index is 1.60. The number of hydrogen-bond acceptors (Lipinski definition) is 12. The Morgan fingerprint density at radius 1 is 0.722 bits per heavy atom. The van der Waals surface area contributed by atoms with Gasteiger partial charge in [-0.25, -0.2) is 18.4 Å². The lowest BCUT2D eigenvalue weighted by atomic mass is 10.0. The van der Waals surface area contributed by atoms with Crippen LogP contribution in [0, 0.1) is 0 Å². The number of nitrogens with two attached hydrogens (primary N) is 4.